The molecular formula is C73H126O6. The lowest BCUT2D eigenvalue weighted by Gasteiger charge is -2.18. The van der Waals surface area contributed by atoms with Crippen LogP contribution in [0.5, 0.6) is 0 Å². The van der Waals surface area contributed by atoms with E-state index in [1.54, 1.807) is 0 Å². The van der Waals surface area contributed by atoms with Gasteiger partial charge in [0.15, 0.2) is 6.10 Å². The number of unbranched alkanes of at least 4 members (excludes halogenated alkanes) is 34. The van der Waals surface area contributed by atoms with Crippen molar-refractivity contribution in [3.63, 3.8) is 0 Å². The monoisotopic (exact) mass is 1100 g/mol. The predicted molar refractivity (Wildman–Crippen MR) is 344 cm³/mol. The van der Waals surface area contributed by atoms with E-state index in [4.69, 9.17) is 14.2 Å². The molecule has 0 spiro atoms. The van der Waals surface area contributed by atoms with Gasteiger partial charge >= 0.3 is 17.9 Å². The van der Waals surface area contributed by atoms with Gasteiger partial charge in [-0.1, -0.05) is 304 Å². The molecule has 0 amide bonds. The highest BCUT2D eigenvalue weighted by Gasteiger charge is 2.19. The van der Waals surface area contributed by atoms with Crippen LogP contribution in [-0.4, -0.2) is 37.2 Å². The Morgan fingerprint density at radius 3 is 0.797 bits per heavy atom. The van der Waals surface area contributed by atoms with Crippen LogP contribution in [0, 0.1) is 0 Å². The first-order valence-electron chi connectivity index (χ1n) is 33.7. The highest BCUT2D eigenvalue weighted by Crippen LogP contribution is 2.17. The second-order valence-corrected chi connectivity index (χ2v) is 22.4. The number of allylic oxidation sites excluding steroid dienone is 16. The van der Waals surface area contributed by atoms with Gasteiger partial charge in [-0.2, -0.15) is 0 Å². The van der Waals surface area contributed by atoms with Gasteiger partial charge in [0, 0.05) is 19.3 Å². The highest BCUT2D eigenvalue weighted by molar-refractivity contribution is 5.71. The predicted octanol–water partition coefficient (Wildman–Crippen LogP) is 23.2. The molecule has 0 rings (SSSR count). The lowest BCUT2D eigenvalue weighted by molar-refractivity contribution is -0.167. The molecule has 0 fully saturated rings. The third kappa shape index (κ3) is 65.0. The van der Waals surface area contributed by atoms with Gasteiger partial charge < -0.3 is 14.2 Å². The summed E-state index contributed by atoms with van der Waals surface area (Å²) >= 11 is 0. The number of carbonyl (C=O) groups is 3. The van der Waals surface area contributed by atoms with Gasteiger partial charge in [-0.05, 0) is 103 Å². The lowest BCUT2D eigenvalue weighted by atomic mass is 10.0. The Morgan fingerprint density at radius 2 is 0.494 bits per heavy atom. The van der Waals surface area contributed by atoms with E-state index in [9.17, 15) is 14.4 Å². The molecule has 454 valence electrons. The molecule has 0 aromatic rings. The number of hydrogen-bond donors (Lipinski definition) is 0. The van der Waals surface area contributed by atoms with E-state index in [0.29, 0.717) is 19.3 Å². The van der Waals surface area contributed by atoms with Crippen LogP contribution in [-0.2, 0) is 28.6 Å². The maximum absolute atomic E-state index is 12.9. The second kappa shape index (κ2) is 66.8. The fourth-order valence-electron chi connectivity index (χ4n) is 9.54. The topological polar surface area (TPSA) is 78.9 Å². The van der Waals surface area contributed by atoms with Crippen LogP contribution in [0.4, 0.5) is 0 Å². The fraction of sp³-hybridized carbons (Fsp3) is 0.740. The zero-order valence-corrected chi connectivity index (χ0v) is 52.1. The van der Waals surface area contributed by atoms with Gasteiger partial charge in [0.1, 0.15) is 13.2 Å². The first-order chi connectivity index (χ1) is 39.0. The van der Waals surface area contributed by atoms with Crippen molar-refractivity contribution >= 4 is 17.9 Å². The molecule has 0 aliphatic rings. The molecule has 1 atom stereocenters. The Balaban J connectivity index is 4.24. The van der Waals surface area contributed by atoms with Gasteiger partial charge in [0.2, 0.25) is 0 Å². The van der Waals surface area contributed by atoms with Crippen LogP contribution in [0.3, 0.4) is 0 Å². The summed E-state index contributed by atoms with van der Waals surface area (Å²) in [5.41, 5.74) is 0. The van der Waals surface area contributed by atoms with Crippen LogP contribution in [0.15, 0.2) is 97.2 Å². The standard InChI is InChI=1S/C73H126O6/c1-4-7-10-13-16-19-22-25-27-29-30-31-32-33-34-35-36-37-38-39-40-41-42-44-45-48-51-54-57-60-63-66-72(75)78-69-70(68-77-71(74)65-62-59-56-53-50-47-24-21-18-15-12-9-6-3)79-73(76)67-64-61-58-55-52-49-46-43-28-26-23-20-17-14-11-8-5-2/h7,10,16-17,19-20,25-28,30-31,33-34,36-37,70H,4-6,8-9,11-15,18,21-24,29,32,35,38-69H2,1-3H3/b10-7-,19-16-,20-17-,27-25-,28-26-,31-30-,34-33-,37-36-. The third-order valence-corrected chi connectivity index (χ3v) is 14.6. The molecule has 0 aliphatic carbocycles. The van der Waals surface area contributed by atoms with Gasteiger partial charge in [0.25, 0.3) is 0 Å². The normalized spacial score (nSPS) is 12.7. The van der Waals surface area contributed by atoms with Crippen molar-refractivity contribution in [3.05, 3.63) is 97.2 Å². The molecule has 0 radical (unpaired) electrons. The zero-order chi connectivity index (χ0) is 57.1. The average Bonchev–Trinajstić information content (AvgIpc) is 3.45. The molecule has 6 heteroatoms. The van der Waals surface area contributed by atoms with E-state index in [-0.39, 0.29) is 31.1 Å². The first kappa shape index (κ1) is 75.3. The lowest BCUT2D eigenvalue weighted by Crippen LogP contribution is -2.30. The molecule has 6 nitrogen and oxygen atoms in total. The van der Waals surface area contributed by atoms with Crippen LogP contribution in [0.25, 0.3) is 0 Å². The maximum Gasteiger partial charge on any atom is 0.306 e. The minimum atomic E-state index is -0.781. The Bertz CT molecular complexity index is 1540. The number of rotatable bonds is 61. The molecule has 0 heterocycles. The van der Waals surface area contributed by atoms with Crippen LogP contribution in [0.2, 0.25) is 0 Å². The van der Waals surface area contributed by atoms with Crippen molar-refractivity contribution in [2.75, 3.05) is 13.2 Å². The summed E-state index contributed by atoms with van der Waals surface area (Å²) in [6.07, 6.45) is 89.9. The Hall–Kier alpha value is -3.67. The molecule has 0 aliphatic heterocycles. The molecule has 0 saturated heterocycles. The third-order valence-electron chi connectivity index (χ3n) is 14.6. The molecule has 0 saturated carbocycles. The van der Waals surface area contributed by atoms with Crippen LogP contribution >= 0.6 is 0 Å². The number of ether oxygens (including phenoxy) is 3. The molecule has 79 heavy (non-hydrogen) atoms. The smallest absolute Gasteiger partial charge is 0.306 e. The van der Waals surface area contributed by atoms with Crippen LogP contribution < -0.4 is 0 Å². The highest BCUT2D eigenvalue weighted by atomic mass is 16.6. The van der Waals surface area contributed by atoms with E-state index in [1.165, 1.54) is 180 Å². The Morgan fingerprint density at radius 1 is 0.266 bits per heavy atom. The van der Waals surface area contributed by atoms with E-state index < -0.39 is 6.10 Å². The quantitative estimate of drug-likeness (QED) is 0.0261. The minimum absolute atomic E-state index is 0.0771. The molecule has 0 N–H and O–H groups in total. The van der Waals surface area contributed by atoms with E-state index in [1.807, 2.05) is 0 Å². The van der Waals surface area contributed by atoms with Crippen molar-refractivity contribution in [1.82, 2.24) is 0 Å². The molecule has 0 bridgehead atoms. The SMILES string of the molecule is CC/C=C\C/C=C\C/C=C\C/C=C\C/C=C\C/C=C\CCCCCCCCCCCCCCC(=O)OCC(COC(=O)CCCCCCCCCCCCCCC)OC(=O)CCCCCCCCC/C=C\C/C=C\CCCCC. The molecular weight excluding hydrogens is 973 g/mol. The van der Waals surface area contributed by atoms with Crippen molar-refractivity contribution in [1.29, 1.82) is 0 Å². The summed E-state index contributed by atoms with van der Waals surface area (Å²) in [7, 11) is 0. The van der Waals surface area contributed by atoms with Crippen LogP contribution in [0.1, 0.15) is 329 Å². The Kier molecular flexibility index (Phi) is 63.7. The molecule has 0 aromatic heterocycles. The number of carbonyl (C=O) groups excluding carboxylic acids is 3. The van der Waals surface area contributed by atoms with Crippen molar-refractivity contribution in [3.8, 4) is 0 Å². The van der Waals surface area contributed by atoms with E-state index in [0.717, 1.165) is 109 Å². The second-order valence-electron chi connectivity index (χ2n) is 22.4. The van der Waals surface area contributed by atoms with E-state index in [2.05, 4.69) is 118 Å². The van der Waals surface area contributed by atoms with Gasteiger partial charge in [-0.25, -0.2) is 0 Å². The van der Waals surface area contributed by atoms with Gasteiger partial charge in [0.05, 0.1) is 0 Å². The van der Waals surface area contributed by atoms with Gasteiger partial charge in [-0.15, -0.1) is 0 Å². The summed E-state index contributed by atoms with van der Waals surface area (Å²) in [6, 6.07) is 0. The largest absolute Gasteiger partial charge is 0.462 e. The molecule has 1 unspecified atom stereocenters. The number of esters is 3. The maximum atomic E-state index is 12.9. The van der Waals surface area contributed by atoms with Crippen molar-refractivity contribution in [2.45, 2.75) is 335 Å². The van der Waals surface area contributed by atoms with Crippen molar-refractivity contribution < 1.29 is 28.6 Å². The summed E-state index contributed by atoms with van der Waals surface area (Å²) in [4.78, 5) is 38.3. The Labute approximate surface area is 489 Å². The summed E-state index contributed by atoms with van der Waals surface area (Å²) < 4.78 is 16.9. The first-order valence-corrected chi connectivity index (χ1v) is 33.7. The number of hydrogen-bond acceptors (Lipinski definition) is 6. The van der Waals surface area contributed by atoms with Gasteiger partial charge in [-0.3, -0.25) is 14.4 Å². The summed E-state index contributed by atoms with van der Waals surface area (Å²) in [6.45, 7) is 6.53. The summed E-state index contributed by atoms with van der Waals surface area (Å²) in [5.74, 6) is -0.873. The van der Waals surface area contributed by atoms with E-state index >= 15 is 0 Å². The summed E-state index contributed by atoms with van der Waals surface area (Å²) in [5, 5.41) is 0. The molecule has 0 aromatic carbocycles. The zero-order valence-electron chi connectivity index (χ0n) is 52.1. The minimum Gasteiger partial charge on any atom is -0.462 e. The fourth-order valence-corrected chi connectivity index (χ4v) is 9.54. The van der Waals surface area contributed by atoms with Crippen molar-refractivity contribution in [2.24, 2.45) is 0 Å². The average molecular weight is 1100 g/mol.